The van der Waals surface area contributed by atoms with E-state index in [0.29, 0.717) is 54.3 Å². The molecule has 214 valence electrons. The average Bonchev–Trinajstić information content (AvgIpc) is 3.33. The zero-order valence-corrected chi connectivity index (χ0v) is 24.8. The van der Waals surface area contributed by atoms with Crippen LogP contribution in [0.1, 0.15) is 52.9 Å². The van der Waals surface area contributed by atoms with E-state index in [-0.39, 0.29) is 16.5 Å². The fourth-order valence-electron chi connectivity index (χ4n) is 5.31. The molecule has 0 radical (unpaired) electrons. The van der Waals surface area contributed by atoms with Crippen molar-refractivity contribution in [2.24, 2.45) is 0 Å². The summed E-state index contributed by atoms with van der Waals surface area (Å²) in [6.07, 6.45) is 1.95. The van der Waals surface area contributed by atoms with Gasteiger partial charge in [-0.05, 0) is 76.1 Å². The van der Waals surface area contributed by atoms with Gasteiger partial charge < -0.3 is 19.1 Å². The number of pyridine rings is 2. The molecule has 0 N–H and O–H groups in total. The maximum absolute atomic E-state index is 14.3. The summed E-state index contributed by atoms with van der Waals surface area (Å²) in [6, 6.07) is 10.3. The quantitative estimate of drug-likeness (QED) is 0.276. The first-order valence-electron chi connectivity index (χ1n) is 13.5. The smallest absolute Gasteiger partial charge is 0.339 e. The second kappa shape index (κ2) is 10.8. The highest BCUT2D eigenvalue weighted by Gasteiger charge is 2.27. The number of benzene rings is 1. The summed E-state index contributed by atoms with van der Waals surface area (Å²) in [5.74, 6) is -0.259. The van der Waals surface area contributed by atoms with E-state index in [2.05, 4.69) is 30.7 Å². The highest BCUT2D eigenvalue weighted by Crippen LogP contribution is 2.35. The van der Waals surface area contributed by atoms with Gasteiger partial charge in [-0.2, -0.15) is 0 Å². The number of aryl methyl sites for hydroxylation is 2. The molecule has 1 aromatic carbocycles. The fraction of sp³-hybridized carbons (Fsp3) is 0.355. The Morgan fingerprint density at radius 3 is 2.32 bits per heavy atom. The van der Waals surface area contributed by atoms with Crippen LogP contribution >= 0.6 is 11.6 Å². The molecule has 0 bridgehead atoms. The largest absolute Gasteiger partial charge is 0.465 e. The first-order valence-corrected chi connectivity index (χ1v) is 13.9. The lowest BCUT2D eigenvalue weighted by Crippen LogP contribution is -2.49. The van der Waals surface area contributed by atoms with Gasteiger partial charge in [0.25, 0.3) is 5.91 Å². The standard InChI is InChI=1S/C31H33ClFN5O3/c1-18-15-26(34-19(2)27(18)30(40)41-6)36-11-13-37(14-12-36)29(39)25-10-8-21-22(20-7-9-23(32)24(33)16-20)17-38(28(21)35-25)31(3,4)5/h7-10,15-17H,11-14H2,1-6H3. The topological polar surface area (TPSA) is 80.6 Å². The van der Waals surface area contributed by atoms with Gasteiger partial charge in [0, 0.05) is 48.9 Å². The number of halogens is 2. The van der Waals surface area contributed by atoms with Crippen LogP contribution in [0.3, 0.4) is 0 Å². The molecule has 1 amide bonds. The predicted molar refractivity (Wildman–Crippen MR) is 158 cm³/mol. The van der Waals surface area contributed by atoms with Crippen molar-refractivity contribution in [3.05, 3.63) is 75.9 Å². The highest BCUT2D eigenvalue weighted by molar-refractivity contribution is 6.30. The van der Waals surface area contributed by atoms with Gasteiger partial charge >= 0.3 is 5.97 Å². The molecule has 0 aliphatic carbocycles. The van der Waals surface area contributed by atoms with E-state index in [1.807, 2.05) is 29.8 Å². The molecule has 5 rings (SSSR count). The molecule has 10 heteroatoms. The minimum atomic E-state index is -0.486. The molecule has 8 nitrogen and oxygen atoms in total. The summed E-state index contributed by atoms with van der Waals surface area (Å²) in [5.41, 5.74) is 4.11. The molecule has 0 saturated carbocycles. The number of esters is 1. The lowest BCUT2D eigenvalue weighted by atomic mass is 10.1. The van der Waals surface area contributed by atoms with E-state index < -0.39 is 11.8 Å². The molecule has 4 heterocycles. The highest BCUT2D eigenvalue weighted by atomic mass is 35.5. The van der Waals surface area contributed by atoms with Crippen LogP contribution in [-0.2, 0) is 10.3 Å². The van der Waals surface area contributed by atoms with Crippen LogP contribution in [0.2, 0.25) is 5.02 Å². The number of hydrogen-bond acceptors (Lipinski definition) is 6. The fourth-order valence-corrected chi connectivity index (χ4v) is 5.43. The minimum Gasteiger partial charge on any atom is -0.465 e. The van der Waals surface area contributed by atoms with E-state index >= 15 is 0 Å². The Balaban J connectivity index is 1.39. The maximum Gasteiger partial charge on any atom is 0.339 e. The summed E-state index contributed by atoms with van der Waals surface area (Å²) < 4.78 is 21.2. The van der Waals surface area contributed by atoms with E-state index in [9.17, 15) is 14.0 Å². The normalized spacial score (nSPS) is 14.0. The molecule has 4 aromatic rings. The number of carbonyl (C=O) groups is 2. The second-order valence-electron chi connectivity index (χ2n) is 11.3. The van der Waals surface area contributed by atoms with Gasteiger partial charge in [-0.15, -0.1) is 0 Å². The van der Waals surface area contributed by atoms with Crippen molar-refractivity contribution < 1.29 is 18.7 Å². The first-order chi connectivity index (χ1) is 19.4. The van der Waals surface area contributed by atoms with Crippen LogP contribution in [0.5, 0.6) is 0 Å². The average molecular weight is 578 g/mol. The number of anilines is 1. The zero-order chi connectivity index (χ0) is 29.6. The van der Waals surface area contributed by atoms with Crippen LogP contribution in [0.15, 0.2) is 42.6 Å². The van der Waals surface area contributed by atoms with Gasteiger partial charge in [-0.25, -0.2) is 19.2 Å². The first kappa shape index (κ1) is 28.5. The van der Waals surface area contributed by atoms with Crippen LogP contribution in [-0.4, -0.2) is 64.6 Å². The van der Waals surface area contributed by atoms with Gasteiger partial charge in [0.2, 0.25) is 0 Å². The predicted octanol–water partition coefficient (Wildman–Crippen LogP) is 6.01. The molecule has 0 spiro atoms. The molecule has 1 saturated heterocycles. The van der Waals surface area contributed by atoms with E-state index in [1.165, 1.54) is 13.2 Å². The third-order valence-electron chi connectivity index (χ3n) is 7.49. The monoisotopic (exact) mass is 577 g/mol. The molecule has 1 aliphatic heterocycles. The molecular weight excluding hydrogens is 545 g/mol. The number of hydrogen-bond donors (Lipinski definition) is 0. The SMILES string of the molecule is COC(=O)c1c(C)cc(N2CCN(C(=O)c3ccc4c(-c5ccc(Cl)c(F)c5)cn(C(C)(C)C)c4n3)CC2)nc1C. The summed E-state index contributed by atoms with van der Waals surface area (Å²) in [6.45, 7) is 12.1. The number of nitrogens with zero attached hydrogens (tertiary/aromatic N) is 5. The van der Waals surface area contributed by atoms with Gasteiger partial charge in [0.15, 0.2) is 0 Å². The summed E-state index contributed by atoms with van der Waals surface area (Å²) in [4.78, 5) is 39.0. The van der Waals surface area contributed by atoms with Crippen molar-refractivity contribution >= 4 is 40.3 Å². The van der Waals surface area contributed by atoms with Gasteiger partial charge in [-0.1, -0.05) is 17.7 Å². The Kier molecular flexibility index (Phi) is 7.50. The van der Waals surface area contributed by atoms with Crippen molar-refractivity contribution in [1.29, 1.82) is 0 Å². The molecular formula is C31H33ClFN5O3. The van der Waals surface area contributed by atoms with E-state index in [0.717, 1.165) is 22.3 Å². The van der Waals surface area contributed by atoms with Gasteiger partial charge in [-0.3, -0.25) is 4.79 Å². The molecule has 0 atom stereocenters. The number of methoxy groups -OCH3 is 1. The Labute approximate surface area is 243 Å². The zero-order valence-electron chi connectivity index (χ0n) is 24.1. The molecule has 41 heavy (non-hydrogen) atoms. The Hall–Kier alpha value is -3.98. The summed E-state index contributed by atoms with van der Waals surface area (Å²) in [5, 5.41) is 0.897. The number of ether oxygens (including phenoxy) is 1. The van der Waals surface area contributed by atoms with Crippen LogP contribution in [0, 0.1) is 19.7 Å². The van der Waals surface area contributed by atoms with E-state index in [4.69, 9.17) is 21.3 Å². The van der Waals surface area contributed by atoms with Crippen LogP contribution in [0.4, 0.5) is 10.2 Å². The van der Waals surface area contributed by atoms with Crippen molar-refractivity contribution in [2.45, 2.75) is 40.2 Å². The molecule has 0 unspecified atom stereocenters. The van der Waals surface area contributed by atoms with Crippen LogP contribution in [0.25, 0.3) is 22.2 Å². The number of carbonyl (C=O) groups excluding carboxylic acids is 2. The lowest BCUT2D eigenvalue weighted by molar-refractivity contribution is 0.0598. The number of amides is 1. The summed E-state index contributed by atoms with van der Waals surface area (Å²) >= 11 is 5.92. The van der Waals surface area contributed by atoms with Gasteiger partial charge in [0.05, 0.1) is 23.4 Å². The third-order valence-corrected chi connectivity index (χ3v) is 7.80. The van der Waals surface area contributed by atoms with Crippen molar-refractivity contribution in [2.75, 3.05) is 38.2 Å². The molecule has 3 aromatic heterocycles. The second-order valence-corrected chi connectivity index (χ2v) is 11.7. The third kappa shape index (κ3) is 5.38. The minimum absolute atomic E-state index is 0.0682. The maximum atomic E-state index is 14.3. The number of piperazine rings is 1. The number of fused-ring (bicyclic) bond motifs is 1. The lowest BCUT2D eigenvalue weighted by Gasteiger charge is -2.35. The van der Waals surface area contributed by atoms with Crippen molar-refractivity contribution in [1.82, 2.24) is 19.4 Å². The number of rotatable bonds is 4. The Bertz CT molecular complexity index is 1650. The summed E-state index contributed by atoms with van der Waals surface area (Å²) in [7, 11) is 1.36. The van der Waals surface area contributed by atoms with Gasteiger partial charge in [0.1, 0.15) is 23.0 Å². The molecule has 1 aliphatic rings. The number of aromatic nitrogens is 3. The van der Waals surface area contributed by atoms with E-state index in [1.54, 1.807) is 30.0 Å². The Morgan fingerprint density at radius 1 is 1.00 bits per heavy atom. The van der Waals surface area contributed by atoms with Crippen molar-refractivity contribution in [3.8, 4) is 11.1 Å². The van der Waals surface area contributed by atoms with Crippen LogP contribution < -0.4 is 4.90 Å². The molecule has 1 fully saturated rings. The Morgan fingerprint density at radius 2 is 1.71 bits per heavy atom. The van der Waals surface area contributed by atoms with Crippen molar-refractivity contribution in [3.63, 3.8) is 0 Å².